The highest BCUT2D eigenvalue weighted by Gasteiger charge is 2.11. The second-order valence-corrected chi connectivity index (χ2v) is 3.75. The van der Waals surface area contributed by atoms with Crippen LogP contribution in [-0.2, 0) is 16.0 Å². The molecule has 0 heterocycles. The third kappa shape index (κ3) is 2.53. The molecule has 0 aliphatic carbocycles. The van der Waals surface area contributed by atoms with Gasteiger partial charge in [0.2, 0.25) is 0 Å². The topological polar surface area (TPSA) is 26.3 Å². The number of halogens is 3. The Hall–Kier alpha value is -0.440. The third-order valence-corrected chi connectivity index (χ3v) is 3.01. The van der Waals surface area contributed by atoms with Gasteiger partial charge >= 0.3 is 5.97 Å². The summed E-state index contributed by atoms with van der Waals surface area (Å²) in [7, 11) is 1.31. The van der Waals surface area contributed by atoms with Crippen LogP contribution in [-0.4, -0.2) is 13.1 Å². The lowest BCUT2D eigenvalue weighted by molar-refractivity contribution is -0.139. The quantitative estimate of drug-likeness (QED) is 0.597. The number of hydrogen-bond donors (Lipinski definition) is 0. The van der Waals surface area contributed by atoms with E-state index in [0.29, 0.717) is 15.6 Å². The predicted octanol–water partition coefficient (Wildman–Crippen LogP) is 3.36. The monoisotopic (exact) mass is 252 g/mol. The maximum Gasteiger partial charge on any atom is 0.310 e. The van der Waals surface area contributed by atoms with Gasteiger partial charge in [0.05, 0.1) is 28.6 Å². The highest BCUT2D eigenvalue weighted by atomic mass is 35.5. The van der Waals surface area contributed by atoms with Crippen molar-refractivity contribution < 1.29 is 9.53 Å². The van der Waals surface area contributed by atoms with E-state index in [-0.39, 0.29) is 17.4 Å². The Morgan fingerprint density at radius 2 is 1.93 bits per heavy atom. The summed E-state index contributed by atoms with van der Waals surface area (Å²) in [5.41, 5.74) is 0.605. The molecule has 0 aliphatic rings. The smallest absolute Gasteiger partial charge is 0.310 e. The van der Waals surface area contributed by atoms with Crippen molar-refractivity contribution in [1.29, 1.82) is 0 Å². The van der Waals surface area contributed by atoms with Gasteiger partial charge < -0.3 is 4.74 Å². The molecule has 1 rings (SSSR count). The Balaban J connectivity index is 3.00. The summed E-state index contributed by atoms with van der Waals surface area (Å²) in [6, 6.07) is 3.24. The first-order valence-electron chi connectivity index (χ1n) is 3.75. The van der Waals surface area contributed by atoms with E-state index in [0.717, 1.165) is 0 Å². The van der Waals surface area contributed by atoms with Gasteiger partial charge in [-0.3, -0.25) is 4.79 Å². The lowest BCUT2D eigenvalue weighted by Crippen LogP contribution is -2.04. The van der Waals surface area contributed by atoms with Gasteiger partial charge in [-0.25, -0.2) is 0 Å². The summed E-state index contributed by atoms with van der Waals surface area (Å²) in [6.07, 6.45) is 0.0895. The number of ether oxygens (including phenoxy) is 1. The Morgan fingerprint density at radius 3 is 2.50 bits per heavy atom. The number of carbonyl (C=O) groups is 1. The fraction of sp³-hybridized carbons (Fsp3) is 0.222. The number of rotatable bonds is 2. The number of methoxy groups -OCH3 is 1. The molecule has 76 valence electrons. The van der Waals surface area contributed by atoms with Gasteiger partial charge in [0.25, 0.3) is 0 Å². The summed E-state index contributed by atoms with van der Waals surface area (Å²) in [6.45, 7) is 0. The molecule has 0 bridgehead atoms. The van der Waals surface area contributed by atoms with Crippen molar-refractivity contribution in [2.45, 2.75) is 6.42 Å². The molecule has 0 N–H and O–H groups in total. The molecule has 0 saturated heterocycles. The fourth-order valence-electron chi connectivity index (χ4n) is 0.930. The lowest BCUT2D eigenvalue weighted by atomic mass is 10.1. The molecule has 0 atom stereocenters. The first-order chi connectivity index (χ1) is 6.56. The van der Waals surface area contributed by atoms with Gasteiger partial charge in [0, 0.05) is 0 Å². The minimum absolute atomic E-state index is 0.0895. The van der Waals surface area contributed by atoms with Gasteiger partial charge in [0.1, 0.15) is 0 Å². The molecule has 1 aromatic carbocycles. The first kappa shape index (κ1) is 11.6. The van der Waals surface area contributed by atoms with Crippen LogP contribution in [0.1, 0.15) is 5.56 Å². The zero-order chi connectivity index (χ0) is 10.7. The lowest BCUT2D eigenvalue weighted by Gasteiger charge is -2.05. The Morgan fingerprint density at radius 1 is 1.29 bits per heavy atom. The van der Waals surface area contributed by atoms with Crippen LogP contribution in [0.25, 0.3) is 0 Å². The van der Waals surface area contributed by atoms with Crippen LogP contribution in [0.3, 0.4) is 0 Å². The molecular formula is C9H7Cl3O2. The van der Waals surface area contributed by atoms with Crippen LogP contribution in [0, 0.1) is 0 Å². The van der Waals surface area contributed by atoms with Crippen LogP contribution in [0.15, 0.2) is 12.1 Å². The van der Waals surface area contributed by atoms with E-state index in [1.54, 1.807) is 12.1 Å². The van der Waals surface area contributed by atoms with Crippen LogP contribution < -0.4 is 0 Å². The highest BCUT2D eigenvalue weighted by Crippen LogP contribution is 2.32. The SMILES string of the molecule is COC(=O)Cc1ccc(Cl)c(Cl)c1Cl. The van der Waals surface area contributed by atoms with E-state index in [1.165, 1.54) is 7.11 Å². The molecule has 0 aromatic heterocycles. The second-order valence-electron chi connectivity index (χ2n) is 2.59. The van der Waals surface area contributed by atoms with E-state index in [2.05, 4.69) is 4.74 Å². The zero-order valence-electron chi connectivity index (χ0n) is 7.31. The first-order valence-corrected chi connectivity index (χ1v) is 4.89. The fourth-order valence-corrected chi connectivity index (χ4v) is 1.55. The predicted molar refractivity (Wildman–Crippen MR) is 57.2 cm³/mol. The van der Waals surface area contributed by atoms with E-state index >= 15 is 0 Å². The number of carbonyl (C=O) groups excluding carboxylic acids is 1. The van der Waals surface area contributed by atoms with Crippen molar-refractivity contribution in [3.05, 3.63) is 32.8 Å². The van der Waals surface area contributed by atoms with E-state index in [1.807, 2.05) is 0 Å². The molecule has 0 unspecified atom stereocenters. The van der Waals surface area contributed by atoms with Crippen molar-refractivity contribution in [2.75, 3.05) is 7.11 Å². The molecule has 0 aliphatic heterocycles. The van der Waals surface area contributed by atoms with Crippen LogP contribution >= 0.6 is 34.8 Å². The molecule has 0 fully saturated rings. The van der Waals surface area contributed by atoms with Crippen LogP contribution in [0.2, 0.25) is 15.1 Å². The number of hydrogen-bond acceptors (Lipinski definition) is 2. The maximum atomic E-state index is 11.0. The highest BCUT2D eigenvalue weighted by molar-refractivity contribution is 6.48. The summed E-state index contributed by atoms with van der Waals surface area (Å²) < 4.78 is 4.51. The van der Waals surface area contributed by atoms with Crippen molar-refractivity contribution >= 4 is 40.8 Å². The molecule has 0 spiro atoms. The molecule has 1 aromatic rings. The Labute approximate surface area is 96.7 Å². The third-order valence-electron chi connectivity index (χ3n) is 1.68. The molecular weight excluding hydrogens is 246 g/mol. The molecule has 5 heteroatoms. The summed E-state index contributed by atoms with van der Waals surface area (Å²) in [5, 5.41) is 0.921. The summed E-state index contributed by atoms with van der Waals surface area (Å²) in [5.74, 6) is -0.370. The minimum atomic E-state index is -0.370. The Bertz CT molecular complexity index is 363. The van der Waals surface area contributed by atoms with Crippen molar-refractivity contribution in [1.82, 2.24) is 0 Å². The summed E-state index contributed by atoms with van der Waals surface area (Å²) >= 11 is 17.4. The van der Waals surface area contributed by atoms with Crippen LogP contribution in [0.4, 0.5) is 0 Å². The van der Waals surface area contributed by atoms with Gasteiger partial charge in [0.15, 0.2) is 0 Å². The molecule has 14 heavy (non-hydrogen) atoms. The van der Waals surface area contributed by atoms with Crippen LogP contribution in [0.5, 0.6) is 0 Å². The Kier molecular flexibility index (Phi) is 4.05. The maximum absolute atomic E-state index is 11.0. The standard InChI is InChI=1S/C9H7Cl3O2/c1-14-7(13)4-5-2-3-6(10)9(12)8(5)11/h2-3H,4H2,1H3. The van der Waals surface area contributed by atoms with Gasteiger partial charge in [-0.1, -0.05) is 40.9 Å². The van der Waals surface area contributed by atoms with Crippen molar-refractivity contribution in [2.24, 2.45) is 0 Å². The average Bonchev–Trinajstić information content (AvgIpc) is 2.19. The van der Waals surface area contributed by atoms with E-state index < -0.39 is 0 Å². The molecule has 2 nitrogen and oxygen atoms in total. The largest absolute Gasteiger partial charge is 0.469 e. The van der Waals surface area contributed by atoms with Gasteiger partial charge in [-0.05, 0) is 11.6 Å². The molecule has 0 radical (unpaired) electrons. The van der Waals surface area contributed by atoms with Crippen molar-refractivity contribution in [3.8, 4) is 0 Å². The second kappa shape index (κ2) is 4.87. The number of esters is 1. The van der Waals surface area contributed by atoms with E-state index in [9.17, 15) is 4.79 Å². The van der Waals surface area contributed by atoms with Crippen molar-refractivity contribution in [3.63, 3.8) is 0 Å². The average molecular weight is 254 g/mol. The minimum Gasteiger partial charge on any atom is -0.469 e. The normalized spacial score (nSPS) is 10.0. The molecule has 0 amide bonds. The van der Waals surface area contributed by atoms with E-state index in [4.69, 9.17) is 34.8 Å². The molecule has 0 saturated carbocycles. The van der Waals surface area contributed by atoms with Gasteiger partial charge in [-0.2, -0.15) is 0 Å². The summed E-state index contributed by atoms with van der Waals surface area (Å²) in [4.78, 5) is 11.0. The van der Waals surface area contributed by atoms with Gasteiger partial charge in [-0.15, -0.1) is 0 Å². The number of benzene rings is 1. The zero-order valence-corrected chi connectivity index (χ0v) is 9.58.